The summed E-state index contributed by atoms with van der Waals surface area (Å²) in [5.41, 5.74) is 2.83. The number of thioether (sulfide) groups is 1. The van der Waals surface area contributed by atoms with Crippen LogP contribution in [0, 0.1) is 5.41 Å². The molecule has 1 N–H and O–H groups in total. The van der Waals surface area contributed by atoms with E-state index in [1.54, 1.807) is 0 Å². The number of ether oxygens (including phenoxy) is 1. The highest BCUT2D eigenvalue weighted by atomic mass is 79.9. The first kappa shape index (κ1) is 14.3. The van der Waals surface area contributed by atoms with Gasteiger partial charge in [-0.1, -0.05) is 41.5 Å². The molecule has 2 aliphatic rings. The molecule has 0 aliphatic carbocycles. The van der Waals surface area contributed by atoms with E-state index < -0.39 is 0 Å². The van der Waals surface area contributed by atoms with Crippen molar-refractivity contribution in [3.63, 3.8) is 0 Å². The number of nitrogens with one attached hydrogen (secondary N) is 1. The zero-order valence-corrected chi connectivity index (χ0v) is 14.2. The maximum atomic E-state index is 5.75. The van der Waals surface area contributed by atoms with Crippen molar-refractivity contribution >= 4 is 32.9 Å². The van der Waals surface area contributed by atoms with Crippen LogP contribution in [0.2, 0.25) is 0 Å². The minimum Gasteiger partial charge on any atom is -0.493 e. The van der Waals surface area contributed by atoms with Crippen LogP contribution in [0.5, 0.6) is 5.75 Å². The topological polar surface area (TPSA) is 33.6 Å². The van der Waals surface area contributed by atoms with Crippen molar-refractivity contribution < 1.29 is 4.74 Å². The smallest absolute Gasteiger partial charge is 0.156 e. The maximum absolute atomic E-state index is 5.75. The van der Waals surface area contributed by atoms with E-state index in [0.29, 0.717) is 5.41 Å². The fraction of sp³-hybridized carbons (Fsp3) is 0.533. The second-order valence-corrected chi connectivity index (χ2v) is 7.96. The van der Waals surface area contributed by atoms with Gasteiger partial charge in [0.25, 0.3) is 0 Å². The van der Waals surface area contributed by atoms with Crippen LogP contribution in [0.1, 0.15) is 25.0 Å². The highest BCUT2D eigenvalue weighted by Gasteiger charge is 2.24. The van der Waals surface area contributed by atoms with Crippen LogP contribution in [0.3, 0.4) is 0 Å². The molecule has 2 heterocycles. The van der Waals surface area contributed by atoms with E-state index in [1.165, 1.54) is 11.1 Å². The SMILES string of the molecule is CC1(C)CN=C(NCc2cc(Br)cc3c2OCC3)SC1. The minimum atomic E-state index is 0.315. The van der Waals surface area contributed by atoms with Gasteiger partial charge in [0.15, 0.2) is 5.17 Å². The normalized spacial score (nSPS) is 20.1. The summed E-state index contributed by atoms with van der Waals surface area (Å²) in [6.07, 6.45) is 1.01. The number of hydrogen-bond acceptors (Lipinski definition) is 4. The predicted octanol–water partition coefficient (Wildman–Crippen LogP) is 3.60. The van der Waals surface area contributed by atoms with Gasteiger partial charge in [-0.15, -0.1) is 0 Å². The molecule has 0 amide bonds. The van der Waals surface area contributed by atoms with Crippen LogP contribution in [0.4, 0.5) is 0 Å². The summed E-state index contributed by atoms with van der Waals surface area (Å²) in [7, 11) is 0. The average molecular weight is 355 g/mol. The van der Waals surface area contributed by atoms with E-state index in [9.17, 15) is 0 Å². The molecule has 3 rings (SSSR count). The lowest BCUT2D eigenvalue weighted by atomic mass is 9.97. The monoisotopic (exact) mass is 354 g/mol. The second kappa shape index (κ2) is 5.60. The van der Waals surface area contributed by atoms with E-state index in [2.05, 4.69) is 52.2 Å². The highest BCUT2D eigenvalue weighted by molar-refractivity contribution is 9.10. The van der Waals surface area contributed by atoms with Crippen molar-refractivity contribution in [1.29, 1.82) is 0 Å². The molecule has 0 radical (unpaired) electrons. The molecule has 0 unspecified atom stereocenters. The van der Waals surface area contributed by atoms with Crippen molar-refractivity contribution in [1.82, 2.24) is 5.32 Å². The molecule has 5 heteroatoms. The fourth-order valence-corrected chi connectivity index (χ4v) is 3.90. The van der Waals surface area contributed by atoms with Crippen LogP contribution in [-0.2, 0) is 13.0 Å². The number of aliphatic imine (C=N–C) groups is 1. The molecule has 0 spiro atoms. The van der Waals surface area contributed by atoms with Gasteiger partial charge in [0.1, 0.15) is 5.75 Å². The Morgan fingerprint density at radius 2 is 2.30 bits per heavy atom. The Balaban J connectivity index is 1.69. The molecule has 0 aromatic heterocycles. The molecule has 3 nitrogen and oxygen atoms in total. The lowest BCUT2D eigenvalue weighted by Gasteiger charge is -2.27. The van der Waals surface area contributed by atoms with Crippen LogP contribution < -0.4 is 10.1 Å². The molecule has 1 aromatic carbocycles. The third-order valence-electron chi connectivity index (χ3n) is 3.51. The third-order valence-corrected chi connectivity index (χ3v) is 5.44. The van der Waals surface area contributed by atoms with E-state index in [4.69, 9.17) is 4.74 Å². The van der Waals surface area contributed by atoms with Crippen molar-refractivity contribution in [3.8, 4) is 5.75 Å². The average Bonchev–Trinajstić information content (AvgIpc) is 2.85. The molecule has 20 heavy (non-hydrogen) atoms. The summed E-state index contributed by atoms with van der Waals surface area (Å²) in [4.78, 5) is 4.63. The first-order chi connectivity index (χ1) is 9.53. The Morgan fingerprint density at radius 1 is 1.45 bits per heavy atom. The zero-order chi connectivity index (χ0) is 14.2. The van der Waals surface area contributed by atoms with Gasteiger partial charge in [-0.05, 0) is 23.1 Å². The Bertz CT molecular complexity index is 557. The van der Waals surface area contributed by atoms with Gasteiger partial charge < -0.3 is 10.1 Å². The van der Waals surface area contributed by atoms with Crippen LogP contribution in [0.25, 0.3) is 0 Å². The largest absolute Gasteiger partial charge is 0.493 e. The van der Waals surface area contributed by atoms with E-state index in [-0.39, 0.29) is 0 Å². The number of benzene rings is 1. The second-order valence-electron chi connectivity index (χ2n) is 6.08. The van der Waals surface area contributed by atoms with Crippen molar-refractivity contribution in [3.05, 3.63) is 27.7 Å². The van der Waals surface area contributed by atoms with Gasteiger partial charge in [0, 0.05) is 35.3 Å². The molecule has 0 fully saturated rings. The number of amidine groups is 1. The number of rotatable bonds is 2. The summed E-state index contributed by atoms with van der Waals surface area (Å²) in [5, 5.41) is 4.50. The summed E-state index contributed by atoms with van der Waals surface area (Å²) in [6.45, 7) is 6.98. The number of hydrogen-bond donors (Lipinski definition) is 1. The number of fused-ring (bicyclic) bond motifs is 1. The van der Waals surface area contributed by atoms with Gasteiger partial charge in [0.05, 0.1) is 6.61 Å². The minimum absolute atomic E-state index is 0.315. The molecule has 0 bridgehead atoms. The summed E-state index contributed by atoms with van der Waals surface area (Å²) >= 11 is 5.39. The Morgan fingerprint density at radius 3 is 3.05 bits per heavy atom. The third kappa shape index (κ3) is 3.14. The zero-order valence-electron chi connectivity index (χ0n) is 11.8. The van der Waals surface area contributed by atoms with Gasteiger partial charge in [-0.3, -0.25) is 4.99 Å². The fourth-order valence-electron chi connectivity index (χ4n) is 2.40. The van der Waals surface area contributed by atoms with Crippen molar-refractivity contribution in [2.75, 3.05) is 18.9 Å². The molecular weight excluding hydrogens is 336 g/mol. The van der Waals surface area contributed by atoms with Gasteiger partial charge in [0.2, 0.25) is 0 Å². The van der Waals surface area contributed by atoms with Gasteiger partial charge >= 0.3 is 0 Å². The van der Waals surface area contributed by atoms with E-state index in [1.807, 2.05) is 11.8 Å². The molecule has 1 aromatic rings. The van der Waals surface area contributed by atoms with Crippen LogP contribution in [-0.4, -0.2) is 24.1 Å². The highest BCUT2D eigenvalue weighted by Crippen LogP contribution is 2.33. The number of halogens is 1. The Kier molecular flexibility index (Phi) is 4.00. The lowest BCUT2D eigenvalue weighted by Crippen LogP contribution is -2.31. The molecule has 0 atom stereocenters. The quantitative estimate of drug-likeness (QED) is 0.880. The van der Waals surface area contributed by atoms with Crippen LogP contribution in [0.15, 0.2) is 21.6 Å². The standard InChI is InChI=1S/C15H19BrN2OS/c1-15(2)8-18-14(20-9-15)17-7-11-6-12(16)5-10-3-4-19-13(10)11/h5-6H,3-4,7-9H2,1-2H3,(H,17,18). The first-order valence-electron chi connectivity index (χ1n) is 6.89. The Hall–Kier alpha value is -0.680. The molecule has 0 saturated heterocycles. The van der Waals surface area contributed by atoms with E-state index in [0.717, 1.165) is 47.3 Å². The van der Waals surface area contributed by atoms with E-state index >= 15 is 0 Å². The van der Waals surface area contributed by atoms with Gasteiger partial charge in [-0.25, -0.2) is 0 Å². The predicted molar refractivity (Wildman–Crippen MR) is 88.7 cm³/mol. The van der Waals surface area contributed by atoms with Crippen molar-refractivity contribution in [2.24, 2.45) is 10.4 Å². The summed E-state index contributed by atoms with van der Waals surface area (Å²) in [5.74, 6) is 2.17. The van der Waals surface area contributed by atoms with Gasteiger partial charge in [-0.2, -0.15) is 0 Å². The molecule has 108 valence electrons. The van der Waals surface area contributed by atoms with Crippen LogP contribution >= 0.6 is 27.7 Å². The molecule has 0 saturated carbocycles. The maximum Gasteiger partial charge on any atom is 0.156 e. The molecule has 2 aliphatic heterocycles. The summed E-state index contributed by atoms with van der Waals surface area (Å²) in [6, 6.07) is 4.29. The first-order valence-corrected chi connectivity index (χ1v) is 8.67. The Labute approximate surface area is 132 Å². The molecular formula is C15H19BrN2OS. The summed E-state index contributed by atoms with van der Waals surface area (Å²) < 4.78 is 6.87. The lowest BCUT2D eigenvalue weighted by molar-refractivity contribution is 0.353. The number of nitrogens with zero attached hydrogens (tertiary/aromatic N) is 1. The van der Waals surface area contributed by atoms with Crippen molar-refractivity contribution in [2.45, 2.75) is 26.8 Å².